The predicted octanol–water partition coefficient (Wildman–Crippen LogP) is 5.12. The van der Waals surface area contributed by atoms with Gasteiger partial charge in [-0.05, 0) is 68.1 Å². The SMILES string of the molecule is Oc1ccccc1C(CCN1CCC(Cc2ccccc2)CC1)=NCc1ccccn1. The van der Waals surface area contributed by atoms with Gasteiger partial charge >= 0.3 is 0 Å². The van der Waals surface area contributed by atoms with E-state index in [0.717, 1.165) is 48.9 Å². The Hall–Kier alpha value is -2.98. The number of phenols is 1. The molecule has 1 saturated heterocycles. The lowest BCUT2D eigenvalue weighted by Crippen LogP contribution is -2.35. The van der Waals surface area contributed by atoms with Crippen molar-refractivity contribution in [2.45, 2.75) is 32.2 Å². The van der Waals surface area contributed by atoms with Crippen LogP contribution in [-0.4, -0.2) is 40.3 Å². The highest BCUT2D eigenvalue weighted by molar-refractivity contribution is 6.02. The van der Waals surface area contributed by atoms with Crippen molar-refractivity contribution >= 4 is 5.71 Å². The molecule has 1 N–H and O–H groups in total. The van der Waals surface area contributed by atoms with E-state index in [1.165, 1.54) is 24.8 Å². The third kappa shape index (κ3) is 6.25. The molecule has 0 amide bonds. The minimum Gasteiger partial charge on any atom is -0.507 e. The zero-order valence-corrected chi connectivity index (χ0v) is 18.0. The number of para-hydroxylation sites is 1. The number of likely N-dealkylation sites (tertiary alicyclic amines) is 1. The van der Waals surface area contributed by atoms with Gasteiger partial charge in [-0.25, -0.2) is 0 Å². The normalized spacial score (nSPS) is 15.8. The van der Waals surface area contributed by atoms with Crippen LogP contribution in [-0.2, 0) is 13.0 Å². The van der Waals surface area contributed by atoms with Crippen LogP contribution < -0.4 is 0 Å². The molecule has 1 aliphatic heterocycles. The van der Waals surface area contributed by atoms with Gasteiger partial charge in [-0.2, -0.15) is 0 Å². The van der Waals surface area contributed by atoms with E-state index in [0.29, 0.717) is 12.3 Å². The van der Waals surface area contributed by atoms with Gasteiger partial charge in [0.1, 0.15) is 5.75 Å². The van der Waals surface area contributed by atoms with Crippen LogP contribution in [0.4, 0.5) is 0 Å². The Kier molecular flexibility index (Phi) is 7.46. The molecule has 0 unspecified atom stereocenters. The predicted molar refractivity (Wildman–Crippen MR) is 127 cm³/mol. The molecule has 160 valence electrons. The van der Waals surface area contributed by atoms with E-state index >= 15 is 0 Å². The molecule has 4 rings (SSSR count). The molecule has 0 bridgehead atoms. The molecule has 2 aromatic carbocycles. The zero-order chi connectivity index (χ0) is 21.3. The van der Waals surface area contributed by atoms with Gasteiger partial charge in [-0.15, -0.1) is 0 Å². The summed E-state index contributed by atoms with van der Waals surface area (Å²) < 4.78 is 0. The van der Waals surface area contributed by atoms with Gasteiger partial charge in [0.05, 0.1) is 12.2 Å². The van der Waals surface area contributed by atoms with Crippen molar-refractivity contribution in [1.29, 1.82) is 0 Å². The molecule has 0 spiro atoms. The topological polar surface area (TPSA) is 48.7 Å². The molecule has 4 heteroatoms. The second kappa shape index (κ2) is 10.9. The molecule has 2 heterocycles. The van der Waals surface area contributed by atoms with Crippen LogP contribution in [0.25, 0.3) is 0 Å². The second-order valence-corrected chi connectivity index (χ2v) is 8.33. The Balaban J connectivity index is 1.35. The molecule has 0 aliphatic carbocycles. The number of benzene rings is 2. The number of hydrogen-bond acceptors (Lipinski definition) is 4. The Bertz CT molecular complexity index is 964. The lowest BCUT2D eigenvalue weighted by molar-refractivity contribution is 0.188. The largest absolute Gasteiger partial charge is 0.507 e. The first-order chi connectivity index (χ1) is 15.3. The zero-order valence-electron chi connectivity index (χ0n) is 18.0. The smallest absolute Gasteiger partial charge is 0.124 e. The standard InChI is InChI=1S/C27H31N3O/c31-27-12-5-4-11-25(27)26(29-21-24-10-6-7-16-28-24)15-19-30-17-13-23(14-18-30)20-22-8-2-1-3-9-22/h1-12,16,23,31H,13-15,17-21H2. The molecular weight excluding hydrogens is 382 g/mol. The van der Waals surface area contributed by atoms with Crippen LogP contribution in [0.2, 0.25) is 0 Å². The monoisotopic (exact) mass is 413 g/mol. The van der Waals surface area contributed by atoms with Crippen LogP contribution in [0.1, 0.15) is 36.1 Å². The van der Waals surface area contributed by atoms with Gasteiger partial charge in [0.25, 0.3) is 0 Å². The molecule has 0 radical (unpaired) electrons. The number of aromatic hydroxyl groups is 1. The van der Waals surface area contributed by atoms with E-state index < -0.39 is 0 Å². The third-order valence-electron chi connectivity index (χ3n) is 6.11. The number of phenolic OH excluding ortho intramolecular Hbond substituents is 1. The molecule has 0 saturated carbocycles. The molecule has 1 aliphatic rings. The Morgan fingerprint density at radius 1 is 0.935 bits per heavy atom. The van der Waals surface area contributed by atoms with Crippen LogP contribution >= 0.6 is 0 Å². The highest BCUT2D eigenvalue weighted by Crippen LogP contribution is 2.23. The maximum Gasteiger partial charge on any atom is 0.124 e. The summed E-state index contributed by atoms with van der Waals surface area (Å²) in [6.45, 7) is 3.76. The number of hydrogen-bond donors (Lipinski definition) is 1. The molecule has 3 aromatic rings. The van der Waals surface area contributed by atoms with Gasteiger partial charge in [0.2, 0.25) is 0 Å². The number of nitrogens with zero attached hydrogens (tertiary/aromatic N) is 3. The van der Waals surface area contributed by atoms with Crippen LogP contribution in [0.5, 0.6) is 5.75 Å². The van der Waals surface area contributed by atoms with Gasteiger partial charge in [0.15, 0.2) is 0 Å². The van der Waals surface area contributed by atoms with Gasteiger partial charge in [-0.1, -0.05) is 48.5 Å². The van der Waals surface area contributed by atoms with Crippen molar-refractivity contribution in [3.63, 3.8) is 0 Å². The number of pyridine rings is 1. The lowest BCUT2D eigenvalue weighted by Gasteiger charge is -2.32. The van der Waals surface area contributed by atoms with E-state index in [2.05, 4.69) is 40.2 Å². The number of piperidine rings is 1. The van der Waals surface area contributed by atoms with Gasteiger partial charge < -0.3 is 10.0 Å². The van der Waals surface area contributed by atoms with E-state index in [-0.39, 0.29) is 0 Å². The first kappa shape index (κ1) is 21.3. The minimum atomic E-state index is 0.295. The number of rotatable bonds is 8. The first-order valence-electron chi connectivity index (χ1n) is 11.3. The number of aliphatic imine (C=N–C) groups is 1. The maximum absolute atomic E-state index is 10.4. The average molecular weight is 414 g/mol. The summed E-state index contributed by atoms with van der Waals surface area (Å²) in [5, 5.41) is 10.4. The van der Waals surface area contributed by atoms with Crippen molar-refractivity contribution in [2.24, 2.45) is 10.9 Å². The number of aromatic nitrogens is 1. The summed E-state index contributed by atoms with van der Waals surface area (Å²) in [6.07, 6.45) is 6.29. The maximum atomic E-state index is 10.4. The van der Waals surface area contributed by atoms with Gasteiger partial charge in [-0.3, -0.25) is 9.98 Å². The van der Waals surface area contributed by atoms with Crippen LogP contribution in [0.15, 0.2) is 84.0 Å². The Morgan fingerprint density at radius 2 is 1.68 bits per heavy atom. The summed E-state index contributed by atoms with van der Waals surface area (Å²) in [7, 11) is 0. The molecule has 0 atom stereocenters. The molecule has 1 fully saturated rings. The van der Waals surface area contributed by atoms with Crippen LogP contribution in [0, 0.1) is 5.92 Å². The minimum absolute atomic E-state index is 0.295. The van der Waals surface area contributed by atoms with E-state index in [9.17, 15) is 5.11 Å². The Morgan fingerprint density at radius 3 is 2.42 bits per heavy atom. The lowest BCUT2D eigenvalue weighted by atomic mass is 9.90. The average Bonchev–Trinajstić information content (AvgIpc) is 2.82. The third-order valence-corrected chi connectivity index (χ3v) is 6.11. The fourth-order valence-electron chi connectivity index (χ4n) is 4.31. The summed E-state index contributed by atoms with van der Waals surface area (Å²) in [5.41, 5.74) is 4.18. The van der Waals surface area contributed by atoms with Crippen molar-refractivity contribution in [2.75, 3.05) is 19.6 Å². The fraction of sp³-hybridized carbons (Fsp3) is 0.333. The summed E-state index contributed by atoms with van der Waals surface area (Å²) >= 11 is 0. The highest BCUT2D eigenvalue weighted by Gasteiger charge is 2.20. The first-order valence-corrected chi connectivity index (χ1v) is 11.3. The van der Waals surface area contributed by atoms with Crippen molar-refractivity contribution in [1.82, 2.24) is 9.88 Å². The van der Waals surface area contributed by atoms with Crippen molar-refractivity contribution in [3.05, 3.63) is 95.8 Å². The second-order valence-electron chi connectivity index (χ2n) is 8.33. The molecule has 31 heavy (non-hydrogen) atoms. The quantitative estimate of drug-likeness (QED) is 0.521. The summed E-state index contributed by atoms with van der Waals surface area (Å²) in [6, 6.07) is 24.2. The van der Waals surface area contributed by atoms with Crippen molar-refractivity contribution < 1.29 is 5.11 Å². The fourth-order valence-corrected chi connectivity index (χ4v) is 4.31. The summed E-state index contributed by atoms with van der Waals surface area (Å²) in [5.74, 6) is 1.07. The summed E-state index contributed by atoms with van der Waals surface area (Å²) in [4.78, 5) is 11.8. The molecule has 1 aromatic heterocycles. The van der Waals surface area contributed by atoms with Crippen molar-refractivity contribution in [3.8, 4) is 5.75 Å². The van der Waals surface area contributed by atoms with E-state index in [4.69, 9.17) is 4.99 Å². The Labute approximate surface area is 185 Å². The highest BCUT2D eigenvalue weighted by atomic mass is 16.3. The van der Waals surface area contributed by atoms with Gasteiger partial charge in [0, 0.05) is 30.4 Å². The van der Waals surface area contributed by atoms with Crippen LogP contribution in [0.3, 0.4) is 0 Å². The van der Waals surface area contributed by atoms with E-state index in [1.807, 2.05) is 36.4 Å². The molecule has 4 nitrogen and oxygen atoms in total. The van der Waals surface area contributed by atoms with E-state index in [1.54, 1.807) is 12.3 Å². The molecular formula is C27H31N3O.